The fraction of sp³-hybridized carbons (Fsp3) is 0.400. The minimum Gasteiger partial charge on any atom is -0.362 e. The Kier molecular flexibility index (Phi) is 6.94. The second-order valence-corrected chi connectivity index (χ2v) is 8.78. The molecule has 1 aromatic carbocycles. The van der Waals surface area contributed by atoms with E-state index in [1.807, 2.05) is 17.9 Å². The summed E-state index contributed by atoms with van der Waals surface area (Å²) in [5.74, 6) is -0.269. The van der Waals surface area contributed by atoms with Crippen LogP contribution in [0, 0.1) is 10.1 Å². The first-order chi connectivity index (χ1) is 14.3. The van der Waals surface area contributed by atoms with Crippen LogP contribution in [0.4, 0.5) is 11.4 Å². The number of piperazine rings is 1. The highest BCUT2D eigenvalue weighted by atomic mass is 35.5. The fourth-order valence-electron chi connectivity index (χ4n) is 3.47. The van der Waals surface area contributed by atoms with Crippen LogP contribution < -0.4 is 4.90 Å². The first-order valence-electron chi connectivity index (χ1n) is 9.62. The largest absolute Gasteiger partial charge is 0.362 e. The Morgan fingerprint density at radius 2 is 1.90 bits per heavy atom. The van der Waals surface area contributed by atoms with Crippen LogP contribution in [-0.2, 0) is 11.3 Å². The molecule has 2 heterocycles. The summed E-state index contributed by atoms with van der Waals surface area (Å²) in [6.07, 6.45) is 0. The van der Waals surface area contributed by atoms with E-state index in [2.05, 4.69) is 0 Å². The number of rotatable bonds is 6. The summed E-state index contributed by atoms with van der Waals surface area (Å²) < 4.78 is 0.651. The maximum Gasteiger partial charge on any atom is 0.293 e. The fourth-order valence-corrected chi connectivity index (χ4v) is 4.57. The zero-order valence-corrected chi connectivity index (χ0v) is 18.4. The highest BCUT2D eigenvalue weighted by Crippen LogP contribution is 2.31. The molecule has 1 fully saturated rings. The van der Waals surface area contributed by atoms with Crippen molar-refractivity contribution in [1.29, 1.82) is 0 Å². The maximum absolute atomic E-state index is 13.0. The third-order valence-electron chi connectivity index (χ3n) is 5.13. The van der Waals surface area contributed by atoms with Gasteiger partial charge in [-0.3, -0.25) is 19.7 Å². The Morgan fingerprint density at radius 1 is 1.20 bits per heavy atom. The first kappa shape index (κ1) is 22.0. The molecule has 3 rings (SSSR count). The number of nitro groups is 1. The van der Waals surface area contributed by atoms with Crippen molar-refractivity contribution in [2.75, 3.05) is 37.6 Å². The number of thiophene rings is 1. The summed E-state index contributed by atoms with van der Waals surface area (Å²) in [5, 5.41) is 11.7. The molecule has 8 nitrogen and oxygen atoms in total. The molecule has 0 atom stereocenters. The van der Waals surface area contributed by atoms with E-state index >= 15 is 0 Å². The lowest BCUT2D eigenvalue weighted by atomic mass is 10.1. The molecule has 0 saturated carbocycles. The van der Waals surface area contributed by atoms with Gasteiger partial charge in [0.1, 0.15) is 5.69 Å². The molecule has 0 radical (unpaired) electrons. The van der Waals surface area contributed by atoms with Gasteiger partial charge in [0.2, 0.25) is 5.91 Å². The van der Waals surface area contributed by atoms with E-state index in [1.165, 1.54) is 24.3 Å². The highest BCUT2D eigenvalue weighted by Gasteiger charge is 2.27. The number of nitro benzene ring substituents is 1. The number of carbonyl (C=O) groups excluding carboxylic acids is 2. The predicted molar refractivity (Wildman–Crippen MR) is 117 cm³/mol. The SMILES string of the molecule is CCN(Cc1ccc(Cl)s1)C(=O)c1ccc(N2CCN(C(C)=O)CC2)c([N+](=O)[O-])c1. The lowest BCUT2D eigenvalue weighted by molar-refractivity contribution is -0.384. The van der Waals surface area contributed by atoms with E-state index in [1.54, 1.807) is 28.0 Å². The summed E-state index contributed by atoms with van der Waals surface area (Å²) in [7, 11) is 0. The maximum atomic E-state index is 13.0. The van der Waals surface area contributed by atoms with Crippen LogP contribution in [0.5, 0.6) is 0 Å². The molecule has 0 unspecified atom stereocenters. The minimum atomic E-state index is -0.460. The molecule has 1 aliphatic rings. The van der Waals surface area contributed by atoms with Gasteiger partial charge in [0.25, 0.3) is 11.6 Å². The summed E-state index contributed by atoms with van der Waals surface area (Å²) in [5.41, 5.74) is 0.637. The zero-order valence-electron chi connectivity index (χ0n) is 16.8. The van der Waals surface area contributed by atoms with Crippen molar-refractivity contribution in [3.8, 4) is 0 Å². The molecular formula is C20H23ClN4O4S. The number of carbonyl (C=O) groups is 2. The van der Waals surface area contributed by atoms with Gasteiger partial charge in [-0.15, -0.1) is 11.3 Å². The number of amides is 2. The van der Waals surface area contributed by atoms with Crippen LogP contribution in [0.2, 0.25) is 4.34 Å². The van der Waals surface area contributed by atoms with E-state index in [-0.39, 0.29) is 23.1 Å². The van der Waals surface area contributed by atoms with Crippen LogP contribution in [-0.4, -0.2) is 59.3 Å². The number of halogens is 1. The number of hydrogen-bond acceptors (Lipinski definition) is 6. The van der Waals surface area contributed by atoms with E-state index in [4.69, 9.17) is 11.6 Å². The van der Waals surface area contributed by atoms with Crippen LogP contribution in [0.15, 0.2) is 30.3 Å². The lowest BCUT2D eigenvalue weighted by Gasteiger charge is -2.35. The molecule has 0 bridgehead atoms. The van der Waals surface area contributed by atoms with Crippen molar-refractivity contribution < 1.29 is 14.5 Å². The number of anilines is 1. The van der Waals surface area contributed by atoms with Crippen molar-refractivity contribution in [1.82, 2.24) is 9.80 Å². The van der Waals surface area contributed by atoms with Crippen molar-refractivity contribution in [3.05, 3.63) is 55.2 Å². The molecule has 1 aliphatic heterocycles. The van der Waals surface area contributed by atoms with Crippen molar-refractivity contribution in [2.45, 2.75) is 20.4 Å². The predicted octanol–water partition coefficient (Wildman–Crippen LogP) is 3.64. The summed E-state index contributed by atoms with van der Waals surface area (Å²) in [4.78, 5) is 41.9. The third kappa shape index (κ3) is 4.91. The van der Waals surface area contributed by atoms with Gasteiger partial charge in [-0.1, -0.05) is 11.6 Å². The van der Waals surface area contributed by atoms with Gasteiger partial charge in [-0.2, -0.15) is 0 Å². The molecule has 10 heteroatoms. The highest BCUT2D eigenvalue weighted by molar-refractivity contribution is 7.16. The van der Waals surface area contributed by atoms with Crippen LogP contribution in [0.25, 0.3) is 0 Å². The van der Waals surface area contributed by atoms with Crippen molar-refractivity contribution >= 4 is 46.1 Å². The van der Waals surface area contributed by atoms with Crippen molar-refractivity contribution in [2.24, 2.45) is 0 Å². The first-order valence-corrected chi connectivity index (χ1v) is 10.8. The van der Waals surface area contributed by atoms with Gasteiger partial charge < -0.3 is 14.7 Å². The molecule has 0 N–H and O–H groups in total. The monoisotopic (exact) mass is 450 g/mol. The molecule has 30 heavy (non-hydrogen) atoms. The van der Waals surface area contributed by atoms with Crippen LogP contribution in [0.1, 0.15) is 29.1 Å². The average molecular weight is 451 g/mol. The quantitative estimate of drug-likeness (QED) is 0.495. The number of hydrogen-bond donors (Lipinski definition) is 0. The van der Waals surface area contributed by atoms with Crippen LogP contribution >= 0.6 is 22.9 Å². The molecule has 2 amide bonds. The molecule has 0 spiro atoms. The smallest absolute Gasteiger partial charge is 0.293 e. The lowest BCUT2D eigenvalue weighted by Crippen LogP contribution is -2.48. The zero-order chi connectivity index (χ0) is 21.8. The Bertz CT molecular complexity index is 956. The van der Waals surface area contributed by atoms with Gasteiger partial charge in [-0.25, -0.2) is 0 Å². The molecule has 2 aromatic rings. The van der Waals surface area contributed by atoms with Crippen molar-refractivity contribution in [3.63, 3.8) is 0 Å². The topological polar surface area (TPSA) is 87.0 Å². The van der Waals surface area contributed by atoms with Gasteiger partial charge in [-0.05, 0) is 31.2 Å². The summed E-state index contributed by atoms with van der Waals surface area (Å²) in [6, 6.07) is 8.26. The van der Waals surface area contributed by atoms with Crippen LogP contribution in [0.3, 0.4) is 0 Å². The number of benzene rings is 1. The second kappa shape index (κ2) is 9.44. The van der Waals surface area contributed by atoms with E-state index in [9.17, 15) is 19.7 Å². The Balaban J connectivity index is 1.81. The van der Waals surface area contributed by atoms with E-state index in [0.717, 1.165) is 4.88 Å². The normalized spacial score (nSPS) is 14.0. The molecule has 0 aliphatic carbocycles. The Labute approximate surface area is 183 Å². The molecule has 1 aromatic heterocycles. The van der Waals surface area contributed by atoms with Gasteiger partial charge in [0.15, 0.2) is 0 Å². The van der Waals surface area contributed by atoms with Gasteiger partial charge >= 0.3 is 0 Å². The standard InChI is InChI=1S/C20H23ClN4O4S/c1-3-22(13-16-5-7-19(21)30-16)20(27)15-4-6-17(18(12-15)25(28)29)24-10-8-23(9-11-24)14(2)26/h4-7,12H,3,8-11,13H2,1-2H3. The number of nitrogens with zero attached hydrogens (tertiary/aromatic N) is 4. The minimum absolute atomic E-state index is 0.00298. The van der Waals surface area contributed by atoms with E-state index in [0.29, 0.717) is 49.3 Å². The summed E-state index contributed by atoms with van der Waals surface area (Å²) >= 11 is 7.37. The average Bonchev–Trinajstić information content (AvgIpc) is 3.15. The molecule has 1 saturated heterocycles. The third-order valence-corrected chi connectivity index (χ3v) is 6.35. The van der Waals surface area contributed by atoms with E-state index < -0.39 is 4.92 Å². The second-order valence-electron chi connectivity index (χ2n) is 6.98. The Morgan fingerprint density at radius 3 is 2.43 bits per heavy atom. The Hall–Kier alpha value is -2.65. The molecule has 160 valence electrons. The van der Waals surface area contributed by atoms with Gasteiger partial charge in [0.05, 0.1) is 15.8 Å². The van der Waals surface area contributed by atoms with Gasteiger partial charge in [0, 0.05) is 56.2 Å². The molecular weight excluding hydrogens is 428 g/mol. The summed E-state index contributed by atoms with van der Waals surface area (Å²) in [6.45, 7) is 6.29.